The molecule has 260 valence electrons. The van der Waals surface area contributed by atoms with E-state index in [-0.39, 0.29) is 24.6 Å². The van der Waals surface area contributed by atoms with E-state index in [0.29, 0.717) is 34.9 Å². The average molecular weight is 689 g/mol. The van der Waals surface area contributed by atoms with Crippen LogP contribution in [-0.4, -0.2) is 64.6 Å². The zero-order chi connectivity index (χ0) is 35.4. The molecule has 13 heteroatoms. The minimum absolute atomic E-state index is 0.0529. The smallest absolute Gasteiger partial charge is 0.339 e. The number of hydrogen-bond donors (Lipinski definition) is 2. The van der Waals surface area contributed by atoms with Gasteiger partial charge in [-0.25, -0.2) is 9.07 Å². The van der Waals surface area contributed by atoms with Crippen molar-refractivity contribution < 1.29 is 31.9 Å². The number of para-hydroxylation sites is 1. The predicted molar refractivity (Wildman–Crippen MR) is 179 cm³/mol. The Labute approximate surface area is 286 Å². The highest BCUT2D eigenvalue weighted by molar-refractivity contribution is 6.05. The fourth-order valence-electron chi connectivity index (χ4n) is 6.52. The number of rotatable bonds is 10. The number of halogens is 4. The van der Waals surface area contributed by atoms with Gasteiger partial charge in [-0.15, -0.1) is 0 Å². The van der Waals surface area contributed by atoms with Crippen molar-refractivity contribution in [3.05, 3.63) is 125 Å². The summed E-state index contributed by atoms with van der Waals surface area (Å²) in [6.45, 7) is 3.96. The van der Waals surface area contributed by atoms with Gasteiger partial charge in [-0.05, 0) is 67.8 Å². The van der Waals surface area contributed by atoms with Crippen molar-refractivity contribution in [2.24, 2.45) is 0 Å². The molecule has 2 unspecified atom stereocenters. The molecule has 2 aliphatic heterocycles. The van der Waals surface area contributed by atoms with Gasteiger partial charge < -0.3 is 15.5 Å². The van der Waals surface area contributed by atoms with E-state index < -0.39 is 41.3 Å². The summed E-state index contributed by atoms with van der Waals surface area (Å²) in [6, 6.07) is 17.4. The number of likely N-dealkylation sites (N-methyl/N-ethyl adjacent to an activating group) is 1. The van der Waals surface area contributed by atoms with Crippen LogP contribution in [0.1, 0.15) is 58.4 Å². The molecule has 1 aromatic heterocycles. The molecule has 6 rings (SSSR count). The summed E-state index contributed by atoms with van der Waals surface area (Å²) in [4.78, 5) is 43.8. The van der Waals surface area contributed by atoms with E-state index in [4.69, 9.17) is 5.10 Å². The average Bonchev–Trinajstić information content (AvgIpc) is 3.79. The second-order valence-electron chi connectivity index (χ2n) is 12.1. The molecule has 1 saturated heterocycles. The Morgan fingerprint density at radius 3 is 2.38 bits per heavy atom. The first kappa shape index (κ1) is 34.6. The number of nitrogens with zero attached hydrogens (tertiary/aromatic N) is 4. The lowest BCUT2D eigenvalue weighted by Gasteiger charge is -2.38. The number of hydrogen-bond acceptors (Lipinski definition) is 5. The van der Waals surface area contributed by atoms with Gasteiger partial charge >= 0.3 is 6.18 Å². The minimum atomic E-state index is -4.67. The molecule has 3 aromatic carbocycles. The molecular weight excluding hydrogens is 652 g/mol. The molecule has 9 nitrogen and oxygen atoms in total. The van der Waals surface area contributed by atoms with Crippen LogP contribution in [0, 0.1) is 5.82 Å². The van der Waals surface area contributed by atoms with Gasteiger partial charge in [0.1, 0.15) is 17.7 Å². The molecule has 2 aliphatic rings. The lowest BCUT2D eigenvalue weighted by atomic mass is 9.80. The summed E-state index contributed by atoms with van der Waals surface area (Å²) >= 11 is 0. The van der Waals surface area contributed by atoms with Crippen molar-refractivity contribution in [2.45, 2.75) is 44.4 Å². The van der Waals surface area contributed by atoms with Gasteiger partial charge in [0.05, 0.1) is 16.9 Å². The number of aromatic nitrogens is 2. The van der Waals surface area contributed by atoms with Gasteiger partial charge in [-0.3, -0.25) is 19.3 Å². The first-order valence-electron chi connectivity index (χ1n) is 16.4. The Balaban J connectivity index is 1.41. The molecule has 0 saturated carbocycles. The zero-order valence-corrected chi connectivity index (χ0v) is 27.3. The maximum atomic E-state index is 14.4. The Kier molecular flexibility index (Phi) is 10.1. The first-order valence-corrected chi connectivity index (χ1v) is 16.4. The Morgan fingerprint density at radius 2 is 1.70 bits per heavy atom. The molecular formula is C37H36F4N6O3. The van der Waals surface area contributed by atoms with Crippen molar-refractivity contribution in [1.82, 2.24) is 25.3 Å². The van der Waals surface area contributed by atoms with Crippen LogP contribution in [-0.2, 0) is 22.3 Å². The third-order valence-electron chi connectivity index (χ3n) is 8.92. The van der Waals surface area contributed by atoms with E-state index in [9.17, 15) is 31.9 Å². The largest absolute Gasteiger partial charge is 0.416 e. The summed E-state index contributed by atoms with van der Waals surface area (Å²) in [7, 11) is 0. The fraction of sp³-hybridized carbons (Fsp3) is 0.297. The van der Waals surface area contributed by atoms with E-state index in [1.165, 1.54) is 41.3 Å². The molecule has 0 bridgehead atoms. The van der Waals surface area contributed by atoms with E-state index in [2.05, 4.69) is 10.6 Å². The standard InChI is InChI=1S/C37H36F4N6O3/c1-2-46-35-32(29(44-47(35)28-12-4-3-5-13-28)23-42-19-9-14-30(48)45-20-6-7-21-45)31(24-15-17-27(38)18-16-24)33(36(46)50)43-34(49)25-10-8-11-26(22-25)37(39,40)41/h3-5,8-18,22,31,33,42H,2,6-7,19-21,23H2,1H3,(H,43,49)/b14-9+. The summed E-state index contributed by atoms with van der Waals surface area (Å²) in [5.74, 6) is -2.37. The van der Waals surface area contributed by atoms with Crippen molar-refractivity contribution >= 4 is 23.5 Å². The van der Waals surface area contributed by atoms with Gasteiger partial charge in [-0.2, -0.15) is 18.3 Å². The van der Waals surface area contributed by atoms with Crippen molar-refractivity contribution in [2.75, 3.05) is 31.1 Å². The SMILES string of the molecule is CCN1C(=O)C(NC(=O)c2cccc(C(F)(F)F)c2)C(c2ccc(F)cc2)c2c(CNC/C=C/C(=O)N3CCCC3)nn(-c3ccccc3)c21. The monoisotopic (exact) mass is 688 g/mol. The third-order valence-corrected chi connectivity index (χ3v) is 8.92. The number of benzene rings is 3. The van der Waals surface area contributed by atoms with Crippen LogP contribution in [0.3, 0.4) is 0 Å². The summed E-state index contributed by atoms with van der Waals surface area (Å²) in [5, 5.41) is 11.0. The fourth-order valence-corrected chi connectivity index (χ4v) is 6.52. The van der Waals surface area contributed by atoms with Crippen LogP contribution in [0.4, 0.5) is 23.4 Å². The van der Waals surface area contributed by atoms with Gasteiger partial charge in [0.25, 0.3) is 11.8 Å². The number of amides is 3. The highest BCUT2D eigenvalue weighted by atomic mass is 19.4. The van der Waals surface area contributed by atoms with Crippen LogP contribution >= 0.6 is 0 Å². The topological polar surface area (TPSA) is 99.6 Å². The molecule has 0 radical (unpaired) electrons. The number of anilines is 1. The van der Waals surface area contributed by atoms with E-state index in [1.54, 1.807) is 22.6 Å². The first-order chi connectivity index (χ1) is 24.1. The maximum Gasteiger partial charge on any atom is 0.416 e. The number of carbonyl (C=O) groups excluding carboxylic acids is 3. The Bertz CT molecular complexity index is 1890. The van der Waals surface area contributed by atoms with Gasteiger partial charge in [0.2, 0.25) is 5.91 Å². The summed E-state index contributed by atoms with van der Waals surface area (Å²) in [6.07, 6.45) is 0.571. The molecule has 1 fully saturated rings. The number of fused-ring (bicyclic) bond motifs is 1. The van der Waals surface area contributed by atoms with E-state index >= 15 is 0 Å². The van der Waals surface area contributed by atoms with Gasteiger partial charge in [0, 0.05) is 55.8 Å². The molecule has 4 aromatic rings. The van der Waals surface area contributed by atoms with Gasteiger partial charge in [0.15, 0.2) is 0 Å². The zero-order valence-electron chi connectivity index (χ0n) is 27.3. The molecule has 0 spiro atoms. The van der Waals surface area contributed by atoms with Crippen LogP contribution in [0.2, 0.25) is 0 Å². The molecule has 3 amide bonds. The Morgan fingerprint density at radius 1 is 0.980 bits per heavy atom. The third kappa shape index (κ3) is 7.18. The molecule has 0 aliphatic carbocycles. The number of carbonyl (C=O) groups is 3. The minimum Gasteiger partial charge on any atom is -0.339 e. The van der Waals surface area contributed by atoms with Crippen LogP contribution in [0.15, 0.2) is 91.0 Å². The second kappa shape index (κ2) is 14.7. The molecule has 3 heterocycles. The number of nitrogens with one attached hydrogen (secondary N) is 2. The highest BCUT2D eigenvalue weighted by Gasteiger charge is 2.46. The molecule has 2 N–H and O–H groups in total. The maximum absolute atomic E-state index is 14.4. The van der Waals surface area contributed by atoms with E-state index in [1.807, 2.05) is 30.3 Å². The molecule has 2 atom stereocenters. The van der Waals surface area contributed by atoms with Crippen LogP contribution in [0.25, 0.3) is 5.69 Å². The molecule has 50 heavy (non-hydrogen) atoms. The lowest BCUT2D eigenvalue weighted by Crippen LogP contribution is -2.55. The van der Waals surface area contributed by atoms with E-state index in [0.717, 1.165) is 44.1 Å². The highest BCUT2D eigenvalue weighted by Crippen LogP contribution is 2.44. The predicted octanol–water partition coefficient (Wildman–Crippen LogP) is 5.60. The van der Waals surface area contributed by atoms with Crippen LogP contribution < -0.4 is 15.5 Å². The second-order valence-corrected chi connectivity index (χ2v) is 12.1. The van der Waals surface area contributed by atoms with Crippen molar-refractivity contribution in [1.29, 1.82) is 0 Å². The summed E-state index contributed by atoms with van der Waals surface area (Å²) < 4.78 is 56.4. The normalized spacial score (nSPS) is 17.7. The summed E-state index contributed by atoms with van der Waals surface area (Å²) in [5.41, 5.74) is 1.01. The van der Waals surface area contributed by atoms with Crippen molar-refractivity contribution in [3.63, 3.8) is 0 Å². The number of likely N-dealkylation sites (tertiary alicyclic amines) is 1. The quantitative estimate of drug-likeness (QED) is 0.129. The Hall–Kier alpha value is -5.30. The van der Waals surface area contributed by atoms with Crippen molar-refractivity contribution in [3.8, 4) is 5.69 Å². The van der Waals surface area contributed by atoms with Crippen LogP contribution in [0.5, 0.6) is 0 Å². The lowest BCUT2D eigenvalue weighted by molar-refractivity contribution is -0.137. The number of alkyl halides is 3. The van der Waals surface area contributed by atoms with Gasteiger partial charge in [-0.1, -0.05) is 42.5 Å².